The Balaban J connectivity index is 2.12. The van der Waals surface area contributed by atoms with Crippen LogP contribution >= 0.6 is 0 Å². The van der Waals surface area contributed by atoms with E-state index in [0.29, 0.717) is 13.2 Å². The molecule has 0 unspecified atom stereocenters. The maximum absolute atomic E-state index is 5.89. The highest BCUT2D eigenvalue weighted by Crippen LogP contribution is 2.26. The van der Waals surface area contributed by atoms with Gasteiger partial charge in [0.25, 0.3) is 0 Å². The van der Waals surface area contributed by atoms with Gasteiger partial charge in [0, 0.05) is 0 Å². The molecule has 0 radical (unpaired) electrons. The highest BCUT2D eigenvalue weighted by Gasteiger charge is 2.37. The van der Waals surface area contributed by atoms with Gasteiger partial charge in [-0.15, -0.1) is 0 Å². The molecule has 2 N–H and O–H groups in total. The second-order valence-corrected chi connectivity index (χ2v) is 4.06. The van der Waals surface area contributed by atoms with Crippen molar-refractivity contribution in [1.82, 2.24) is 0 Å². The minimum absolute atomic E-state index is 0.382. The van der Waals surface area contributed by atoms with Crippen molar-refractivity contribution in [2.24, 2.45) is 5.73 Å². The largest absolute Gasteiger partial charge is 0.341 e. The summed E-state index contributed by atoms with van der Waals surface area (Å²) in [5.41, 5.74) is 5.51. The molecule has 3 heteroatoms. The molecule has 1 aliphatic carbocycles. The summed E-state index contributed by atoms with van der Waals surface area (Å²) in [5.74, 6) is -0.706. The molecule has 3 nitrogen and oxygen atoms in total. The van der Waals surface area contributed by atoms with E-state index < -0.39 is 5.79 Å². The Hall–Kier alpha value is -0.900. The van der Waals surface area contributed by atoms with Crippen LogP contribution in [0.3, 0.4) is 0 Å². The van der Waals surface area contributed by atoms with Gasteiger partial charge in [0.05, 0.1) is 18.8 Å². The van der Waals surface area contributed by atoms with Crippen molar-refractivity contribution in [2.75, 3.05) is 13.2 Å². The van der Waals surface area contributed by atoms with Gasteiger partial charge >= 0.3 is 0 Å². The van der Waals surface area contributed by atoms with Crippen molar-refractivity contribution < 1.29 is 9.47 Å². The minimum Gasteiger partial charge on any atom is -0.341 e. The van der Waals surface area contributed by atoms with Crippen molar-refractivity contribution in [3.63, 3.8) is 0 Å². The fraction of sp³-hybridized carbons (Fsp3) is 0.455. The summed E-state index contributed by atoms with van der Waals surface area (Å²) >= 11 is 0. The molecule has 14 heavy (non-hydrogen) atoms. The first-order chi connectivity index (χ1) is 6.62. The van der Waals surface area contributed by atoms with E-state index in [-0.39, 0.29) is 5.54 Å². The first kappa shape index (κ1) is 9.65. The normalized spacial score (nSPS) is 27.9. The summed E-state index contributed by atoms with van der Waals surface area (Å²) < 4.78 is 11.3. The van der Waals surface area contributed by atoms with Crippen LogP contribution in [0.25, 0.3) is 0 Å². The molecule has 1 heterocycles. The Morgan fingerprint density at radius 3 is 2.00 bits per heavy atom. The van der Waals surface area contributed by atoms with E-state index in [4.69, 9.17) is 15.2 Å². The van der Waals surface area contributed by atoms with Crippen LogP contribution in [-0.4, -0.2) is 24.5 Å². The number of allylic oxidation sites excluding steroid dienone is 4. The molecule has 0 atom stereocenters. The monoisotopic (exact) mass is 193 g/mol. The van der Waals surface area contributed by atoms with Crippen LogP contribution in [0.4, 0.5) is 0 Å². The molecule has 0 bridgehead atoms. The predicted octanol–water partition coefficient (Wildman–Crippen LogP) is 1.13. The van der Waals surface area contributed by atoms with Crippen molar-refractivity contribution in [2.45, 2.75) is 18.2 Å². The molecular weight excluding hydrogens is 178 g/mol. The summed E-state index contributed by atoms with van der Waals surface area (Å²) in [6.07, 6.45) is 11.5. The third kappa shape index (κ3) is 1.95. The fourth-order valence-corrected chi connectivity index (χ4v) is 1.39. The summed E-state index contributed by atoms with van der Waals surface area (Å²) in [6, 6.07) is 0. The Kier molecular flexibility index (Phi) is 2.31. The first-order valence-corrected chi connectivity index (χ1v) is 4.73. The summed E-state index contributed by atoms with van der Waals surface area (Å²) in [7, 11) is 0. The van der Waals surface area contributed by atoms with Gasteiger partial charge in [-0.2, -0.15) is 0 Å². The van der Waals surface area contributed by atoms with Crippen molar-refractivity contribution in [1.29, 1.82) is 0 Å². The molecular formula is C11H15NO2. The molecule has 1 saturated heterocycles. The molecule has 2 aliphatic rings. The average Bonchev–Trinajstić information content (AvgIpc) is 2.37. The Morgan fingerprint density at radius 2 is 1.50 bits per heavy atom. The molecule has 0 amide bonds. The molecule has 0 saturated carbocycles. The lowest BCUT2D eigenvalue weighted by atomic mass is 10.0. The highest BCUT2D eigenvalue weighted by atomic mass is 16.7. The van der Waals surface area contributed by atoms with Crippen LogP contribution in [0.15, 0.2) is 36.5 Å². The number of ether oxygens (including phenoxy) is 2. The molecule has 76 valence electrons. The maximum atomic E-state index is 5.89. The number of nitrogens with two attached hydrogens (primary N) is 1. The molecule has 1 spiro atoms. The van der Waals surface area contributed by atoms with E-state index in [1.807, 2.05) is 43.4 Å². The van der Waals surface area contributed by atoms with Gasteiger partial charge in [-0.1, -0.05) is 24.3 Å². The lowest BCUT2D eigenvalue weighted by Gasteiger charge is -2.39. The fourth-order valence-electron chi connectivity index (χ4n) is 1.39. The van der Waals surface area contributed by atoms with Gasteiger partial charge in [-0.3, -0.25) is 0 Å². The quantitative estimate of drug-likeness (QED) is 0.627. The molecule has 1 fully saturated rings. The molecule has 0 aromatic heterocycles. The van der Waals surface area contributed by atoms with E-state index in [2.05, 4.69) is 0 Å². The summed E-state index contributed by atoms with van der Waals surface area (Å²) in [6.45, 7) is 2.92. The van der Waals surface area contributed by atoms with Gasteiger partial charge in [0.1, 0.15) is 0 Å². The third-order valence-electron chi connectivity index (χ3n) is 2.25. The molecule has 1 aliphatic heterocycles. The Morgan fingerprint density at radius 1 is 1.00 bits per heavy atom. The van der Waals surface area contributed by atoms with Crippen molar-refractivity contribution in [3.8, 4) is 0 Å². The maximum Gasteiger partial charge on any atom is 0.208 e. The Labute approximate surface area is 83.9 Å². The van der Waals surface area contributed by atoms with Gasteiger partial charge < -0.3 is 15.2 Å². The zero-order valence-corrected chi connectivity index (χ0v) is 8.27. The number of hydrogen-bond donors (Lipinski definition) is 1. The Bertz CT molecular complexity index is 274. The third-order valence-corrected chi connectivity index (χ3v) is 2.25. The number of hydrogen-bond acceptors (Lipinski definition) is 3. The molecule has 2 rings (SSSR count). The minimum atomic E-state index is -0.706. The van der Waals surface area contributed by atoms with Crippen LogP contribution in [0, 0.1) is 0 Å². The summed E-state index contributed by atoms with van der Waals surface area (Å²) in [5, 5.41) is 0. The molecule has 0 aromatic carbocycles. The zero-order chi connectivity index (χ0) is 10.1. The van der Waals surface area contributed by atoms with Gasteiger partial charge in [0.15, 0.2) is 0 Å². The zero-order valence-electron chi connectivity index (χ0n) is 8.27. The lowest BCUT2D eigenvalue weighted by molar-refractivity contribution is -0.228. The number of rotatable bonds is 0. The standard InChI is InChI=1S/C11H15NO2/c1-10(12)8-13-11(14-9-10)6-4-2-3-5-7-11/h2-7H,8-9,12H2,1H3. The predicted molar refractivity (Wildman–Crippen MR) is 54.6 cm³/mol. The van der Waals surface area contributed by atoms with Crippen LogP contribution in [0.2, 0.25) is 0 Å². The van der Waals surface area contributed by atoms with Gasteiger partial charge in [-0.25, -0.2) is 0 Å². The van der Waals surface area contributed by atoms with Crippen molar-refractivity contribution in [3.05, 3.63) is 36.5 Å². The van der Waals surface area contributed by atoms with E-state index in [0.717, 1.165) is 0 Å². The van der Waals surface area contributed by atoms with E-state index in [1.165, 1.54) is 0 Å². The summed E-state index contributed by atoms with van der Waals surface area (Å²) in [4.78, 5) is 0. The highest BCUT2D eigenvalue weighted by molar-refractivity contribution is 5.24. The van der Waals surface area contributed by atoms with Crippen LogP contribution < -0.4 is 5.73 Å². The molecule has 0 aromatic rings. The average molecular weight is 193 g/mol. The smallest absolute Gasteiger partial charge is 0.208 e. The lowest BCUT2D eigenvalue weighted by Crippen LogP contribution is -2.55. The van der Waals surface area contributed by atoms with Crippen LogP contribution in [0.1, 0.15) is 6.92 Å². The van der Waals surface area contributed by atoms with Crippen molar-refractivity contribution >= 4 is 0 Å². The van der Waals surface area contributed by atoms with Gasteiger partial charge in [-0.05, 0) is 19.1 Å². The first-order valence-electron chi connectivity index (χ1n) is 4.73. The topological polar surface area (TPSA) is 44.5 Å². The van der Waals surface area contributed by atoms with E-state index in [1.54, 1.807) is 0 Å². The van der Waals surface area contributed by atoms with E-state index in [9.17, 15) is 0 Å². The van der Waals surface area contributed by atoms with Gasteiger partial charge in [0.2, 0.25) is 5.79 Å². The van der Waals surface area contributed by atoms with Crippen LogP contribution in [-0.2, 0) is 9.47 Å². The van der Waals surface area contributed by atoms with E-state index >= 15 is 0 Å². The second kappa shape index (κ2) is 3.35. The second-order valence-electron chi connectivity index (χ2n) is 4.06. The SMILES string of the molecule is CC1(N)COC2(C=CC=CC=C2)OC1. The van der Waals surface area contributed by atoms with Crippen LogP contribution in [0.5, 0.6) is 0 Å².